The first-order chi connectivity index (χ1) is 24.1. The zero-order valence-corrected chi connectivity index (χ0v) is 30.6. The second kappa shape index (κ2) is 21.1. The lowest BCUT2D eigenvalue weighted by Gasteiger charge is -2.39. The summed E-state index contributed by atoms with van der Waals surface area (Å²) in [6.07, 6.45) is 16.2. The number of nitrogens with zero attached hydrogens (tertiary/aromatic N) is 1. The summed E-state index contributed by atoms with van der Waals surface area (Å²) in [5, 5.41) is 35.9. The fraction of sp³-hybridized carbons (Fsp3) is 0.611. The molecule has 0 radical (unpaired) electrons. The van der Waals surface area contributed by atoms with E-state index < -0.39 is 77.3 Å². The number of rotatable bonds is 16. The van der Waals surface area contributed by atoms with E-state index in [4.69, 9.17) is 0 Å². The van der Waals surface area contributed by atoms with Crippen molar-refractivity contribution in [3.63, 3.8) is 0 Å². The third kappa shape index (κ3) is 14.1. The molecule has 0 aliphatic carbocycles. The van der Waals surface area contributed by atoms with Crippen molar-refractivity contribution in [2.75, 3.05) is 13.1 Å². The molecule has 2 heterocycles. The SMILES string of the molecule is CCC(C)C1NC(=O)C(C(C)O)N2C(=O)C(CNC(=O)C(CNC(=O)C=CNC(=O)C=CC=CCCCC=CCCC(C)O)NC1=O)NC2(C)C. The minimum Gasteiger partial charge on any atom is -0.393 e. The predicted octanol–water partition coefficient (Wildman–Crippen LogP) is 0.164. The molecule has 7 atom stereocenters. The first kappa shape index (κ1) is 42.8. The topological polar surface area (TPSA) is 218 Å². The van der Waals surface area contributed by atoms with Gasteiger partial charge >= 0.3 is 0 Å². The Hall–Kier alpha value is -4.34. The maximum absolute atomic E-state index is 13.6. The molecule has 0 aromatic carbocycles. The van der Waals surface area contributed by atoms with E-state index in [1.807, 2.05) is 13.0 Å². The van der Waals surface area contributed by atoms with Crippen molar-refractivity contribution in [2.45, 2.75) is 122 Å². The fourth-order valence-electron chi connectivity index (χ4n) is 5.67. The maximum Gasteiger partial charge on any atom is 0.247 e. The van der Waals surface area contributed by atoms with Crippen molar-refractivity contribution in [1.29, 1.82) is 0 Å². The molecule has 15 heteroatoms. The van der Waals surface area contributed by atoms with Gasteiger partial charge in [-0.25, -0.2) is 0 Å². The lowest BCUT2D eigenvalue weighted by atomic mass is 9.96. The molecule has 15 nitrogen and oxygen atoms in total. The lowest BCUT2D eigenvalue weighted by molar-refractivity contribution is -0.147. The van der Waals surface area contributed by atoms with Gasteiger partial charge in [0.15, 0.2) is 0 Å². The third-order valence-corrected chi connectivity index (χ3v) is 8.67. The molecule has 2 aliphatic rings. The van der Waals surface area contributed by atoms with Gasteiger partial charge in [0.05, 0.1) is 17.9 Å². The van der Waals surface area contributed by atoms with Gasteiger partial charge in [-0.15, -0.1) is 0 Å². The predicted molar refractivity (Wildman–Crippen MR) is 192 cm³/mol. The maximum atomic E-state index is 13.6. The average Bonchev–Trinajstić information content (AvgIpc) is 3.29. The van der Waals surface area contributed by atoms with E-state index >= 15 is 0 Å². The molecular weight excluding hydrogens is 658 g/mol. The second-order valence-corrected chi connectivity index (χ2v) is 13.5. The van der Waals surface area contributed by atoms with Crippen LogP contribution in [0.5, 0.6) is 0 Å². The number of allylic oxidation sites excluding steroid dienone is 5. The molecule has 2 aliphatic heterocycles. The molecule has 2 fully saturated rings. The van der Waals surface area contributed by atoms with Crippen molar-refractivity contribution >= 4 is 35.4 Å². The van der Waals surface area contributed by atoms with E-state index in [1.165, 1.54) is 17.9 Å². The Balaban J connectivity index is 2.01. The largest absolute Gasteiger partial charge is 0.393 e. The van der Waals surface area contributed by atoms with Gasteiger partial charge in [0, 0.05) is 31.4 Å². The quantitative estimate of drug-likeness (QED) is 0.0472. The second-order valence-electron chi connectivity index (χ2n) is 13.5. The Bertz CT molecular complexity index is 1340. The van der Waals surface area contributed by atoms with Gasteiger partial charge in [-0.05, 0) is 65.7 Å². The molecule has 0 aromatic rings. The highest BCUT2D eigenvalue weighted by Crippen LogP contribution is 2.26. The average molecular weight is 716 g/mol. The van der Waals surface area contributed by atoms with Crippen molar-refractivity contribution < 1.29 is 39.0 Å². The highest BCUT2D eigenvalue weighted by molar-refractivity contribution is 5.97. The summed E-state index contributed by atoms with van der Waals surface area (Å²) >= 11 is 0. The van der Waals surface area contributed by atoms with E-state index in [0.717, 1.165) is 44.4 Å². The number of unbranched alkanes of at least 4 members (excludes halogenated alkanes) is 2. The van der Waals surface area contributed by atoms with Gasteiger partial charge in [-0.1, -0.05) is 50.6 Å². The molecule has 7 unspecified atom stereocenters. The van der Waals surface area contributed by atoms with E-state index in [-0.39, 0.29) is 19.2 Å². The van der Waals surface area contributed by atoms with Gasteiger partial charge in [0.25, 0.3) is 0 Å². The Morgan fingerprint density at radius 2 is 1.61 bits per heavy atom. The van der Waals surface area contributed by atoms with Gasteiger partial charge in [0.2, 0.25) is 35.4 Å². The number of aliphatic hydroxyl groups excluding tert-OH is 2. The molecule has 0 spiro atoms. The molecule has 0 aromatic heterocycles. The summed E-state index contributed by atoms with van der Waals surface area (Å²) in [6.45, 7) is 9.56. The monoisotopic (exact) mass is 715 g/mol. The van der Waals surface area contributed by atoms with Crippen LogP contribution in [-0.2, 0) is 28.8 Å². The fourth-order valence-corrected chi connectivity index (χ4v) is 5.67. The summed E-state index contributed by atoms with van der Waals surface area (Å²) in [6, 6.07) is -4.63. The van der Waals surface area contributed by atoms with Gasteiger partial charge < -0.3 is 41.7 Å². The highest BCUT2D eigenvalue weighted by atomic mass is 16.3. The molecule has 2 saturated heterocycles. The van der Waals surface area contributed by atoms with E-state index in [0.29, 0.717) is 6.42 Å². The highest BCUT2D eigenvalue weighted by Gasteiger charge is 2.51. The molecule has 284 valence electrons. The zero-order valence-electron chi connectivity index (χ0n) is 30.6. The van der Waals surface area contributed by atoms with Crippen LogP contribution in [0.2, 0.25) is 0 Å². The number of carbonyl (C=O) groups is 6. The minimum atomic E-state index is -1.31. The number of aliphatic hydroxyl groups is 2. The van der Waals surface area contributed by atoms with Crippen molar-refractivity contribution in [3.05, 3.63) is 48.7 Å². The Morgan fingerprint density at radius 1 is 0.922 bits per heavy atom. The van der Waals surface area contributed by atoms with Crippen LogP contribution in [-0.4, -0.2) is 106 Å². The van der Waals surface area contributed by atoms with Crippen molar-refractivity contribution in [3.8, 4) is 0 Å². The van der Waals surface area contributed by atoms with Crippen LogP contribution in [0.4, 0.5) is 0 Å². The van der Waals surface area contributed by atoms with E-state index in [9.17, 15) is 39.0 Å². The van der Waals surface area contributed by atoms with Crippen LogP contribution < -0.4 is 31.9 Å². The lowest BCUT2D eigenvalue weighted by Crippen LogP contribution is -2.64. The van der Waals surface area contributed by atoms with Crippen LogP contribution in [0.3, 0.4) is 0 Å². The van der Waals surface area contributed by atoms with Crippen LogP contribution in [0.1, 0.15) is 80.1 Å². The summed E-state index contributed by atoms with van der Waals surface area (Å²) in [5.41, 5.74) is -1.07. The Kier molecular flexibility index (Phi) is 17.7. The smallest absolute Gasteiger partial charge is 0.247 e. The minimum absolute atomic E-state index is 0.182. The van der Waals surface area contributed by atoms with E-state index in [1.54, 1.807) is 39.8 Å². The van der Waals surface area contributed by atoms with Crippen molar-refractivity contribution in [1.82, 2.24) is 36.8 Å². The first-order valence-corrected chi connectivity index (χ1v) is 17.7. The summed E-state index contributed by atoms with van der Waals surface area (Å²) < 4.78 is 0. The molecule has 0 saturated carbocycles. The number of carbonyl (C=O) groups excluding carboxylic acids is 6. The third-order valence-electron chi connectivity index (χ3n) is 8.67. The molecule has 51 heavy (non-hydrogen) atoms. The molecule has 6 amide bonds. The summed E-state index contributed by atoms with van der Waals surface area (Å²) in [5.74, 6) is -4.08. The zero-order chi connectivity index (χ0) is 38.1. The molecule has 2 rings (SSSR count). The van der Waals surface area contributed by atoms with Crippen molar-refractivity contribution in [2.24, 2.45) is 5.92 Å². The van der Waals surface area contributed by atoms with E-state index in [2.05, 4.69) is 44.1 Å². The van der Waals surface area contributed by atoms with Gasteiger partial charge in [-0.3, -0.25) is 34.1 Å². The van der Waals surface area contributed by atoms with Gasteiger partial charge in [-0.2, -0.15) is 0 Å². The number of nitrogens with one attached hydrogen (secondary N) is 6. The van der Waals surface area contributed by atoms with Crippen LogP contribution in [0.25, 0.3) is 0 Å². The molecule has 2 bridgehead atoms. The molecule has 8 N–H and O–H groups in total. The van der Waals surface area contributed by atoms with Gasteiger partial charge in [0.1, 0.15) is 24.2 Å². The van der Waals surface area contributed by atoms with Crippen LogP contribution in [0, 0.1) is 5.92 Å². The Labute approximate surface area is 300 Å². The summed E-state index contributed by atoms with van der Waals surface area (Å²) in [4.78, 5) is 79.7. The summed E-state index contributed by atoms with van der Waals surface area (Å²) in [7, 11) is 0. The number of amides is 6. The Morgan fingerprint density at radius 3 is 2.27 bits per heavy atom. The van der Waals surface area contributed by atoms with Crippen LogP contribution >= 0.6 is 0 Å². The number of hydrogen-bond acceptors (Lipinski definition) is 9. The molecular formula is C36H57N7O8. The number of hydrogen-bond donors (Lipinski definition) is 8. The van der Waals surface area contributed by atoms with Crippen LogP contribution in [0.15, 0.2) is 48.7 Å². The standard InChI is InChI=1S/C36H57N7O8/c1-7-23(2)30-33(49)40-26(32(48)39-22-27-35(51)43(36(5,6)42-27)31(25(4)45)34(50)41-30)21-38-29(47)19-20-37-28(46)18-16-14-12-10-8-9-11-13-15-17-24(3)44/h11-14,16,18-20,23-27,30-31,42,44-45H,7-10,15,17,21-22H2,1-6H3,(H,37,46)(H,38,47)(H,39,48)(H,40,49)(H,41,50). The number of fused-ring (bicyclic) bond motifs is 2. The normalized spacial score (nSPS) is 24.8. The first-order valence-electron chi connectivity index (χ1n) is 17.7.